The van der Waals surface area contributed by atoms with E-state index in [1.807, 2.05) is 12.1 Å². The van der Waals surface area contributed by atoms with Crippen LogP contribution in [-0.4, -0.2) is 35.1 Å². The molecule has 1 N–H and O–H groups in total. The molecule has 1 unspecified atom stereocenters. The summed E-state index contributed by atoms with van der Waals surface area (Å²) in [4.78, 5) is 14.0. The quantitative estimate of drug-likeness (QED) is 0.910. The van der Waals surface area contributed by atoms with Gasteiger partial charge in [0.1, 0.15) is 12.4 Å². The molecule has 25 heavy (non-hydrogen) atoms. The summed E-state index contributed by atoms with van der Waals surface area (Å²) in [5.41, 5.74) is 3.48. The maximum absolute atomic E-state index is 11.4. The Morgan fingerprint density at radius 2 is 2.20 bits per heavy atom. The predicted molar refractivity (Wildman–Crippen MR) is 97.8 cm³/mol. The van der Waals surface area contributed by atoms with Crippen molar-refractivity contribution in [1.82, 2.24) is 9.47 Å². The fraction of sp³-hybridized carbons (Fsp3) is 0.450. The third-order valence-corrected chi connectivity index (χ3v) is 5.31. The minimum absolute atomic E-state index is 0.0990. The van der Waals surface area contributed by atoms with Crippen molar-refractivity contribution in [3.63, 3.8) is 0 Å². The van der Waals surface area contributed by atoms with Crippen LogP contribution in [0.4, 0.5) is 5.69 Å². The average molecular weight is 339 g/mol. The van der Waals surface area contributed by atoms with Gasteiger partial charge in [0.25, 0.3) is 0 Å². The van der Waals surface area contributed by atoms with Gasteiger partial charge in [-0.05, 0) is 61.7 Å². The van der Waals surface area contributed by atoms with Crippen molar-refractivity contribution in [1.29, 1.82) is 0 Å². The molecule has 1 amide bonds. The number of likely N-dealkylation sites (tertiary alicyclic amines) is 1. The molecule has 2 aliphatic rings. The van der Waals surface area contributed by atoms with E-state index in [9.17, 15) is 4.79 Å². The van der Waals surface area contributed by atoms with E-state index in [0.717, 1.165) is 30.9 Å². The number of rotatable bonds is 5. The second kappa shape index (κ2) is 6.92. The van der Waals surface area contributed by atoms with E-state index < -0.39 is 0 Å². The summed E-state index contributed by atoms with van der Waals surface area (Å²) in [6, 6.07) is 10.8. The number of fused-ring (bicyclic) bond motifs is 1. The van der Waals surface area contributed by atoms with E-state index in [1.165, 1.54) is 24.1 Å². The summed E-state index contributed by atoms with van der Waals surface area (Å²) in [6.45, 7) is 2.76. The highest BCUT2D eigenvalue weighted by Crippen LogP contribution is 2.32. The molecule has 2 aromatic rings. The molecule has 0 aliphatic carbocycles. The number of carbonyl (C=O) groups excluding carboxylic acids is 1. The number of amides is 1. The number of nitrogens with zero attached hydrogens (tertiary/aromatic N) is 2. The topological polar surface area (TPSA) is 46.5 Å². The van der Waals surface area contributed by atoms with Gasteiger partial charge in [-0.3, -0.25) is 9.69 Å². The zero-order chi connectivity index (χ0) is 17.2. The first-order valence-electron chi connectivity index (χ1n) is 9.11. The van der Waals surface area contributed by atoms with E-state index in [2.05, 4.69) is 46.2 Å². The zero-order valence-electron chi connectivity index (χ0n) is 14.7. The summed E-state index contributed by atoms with van der Waals surface area (Å²) in [7, 11) is 2.12. The van der Waals surface area contributed by atoms with Crippen LogP contribution in [0.1, 0.15) is 36.6 Å². The van der Waals surface area contributed by atoms with Gasteiger partial charge >= 0.3 is 0 Å². The minimum Gasteiger partial charge on any atom is -0.492 e. The Balaban J connectivity index is 1.35. The van der Waals surface area contributed by atoms with Crippen molar-refractivity contribution in [2.45, 2.75) is 31.7 Å². The number of hydrogen-bond donors (Lipinski definition) is 1. The predicted octanol–water partition coefficient (Wildman–Crippen LogP) is 3.13. The van der Waals surface area contributed by atoms with Crippen LogP contribution in [-0.2, 0) is 18.3 Å². The lowest BCUT2D eigenvalue weighted by Gasteiger charge is -2.25. The van der Waals surface area contributed by atoms with Gasteiger partial charge in [0, 0.05) is 37.6 Å². The normalized spacial score (nSPS) is 20.4. The fourth-order valence-electron chi connectivity index (χ4n) is 3.98. The molecule has 4 rings (SSSR count). The van der Waals surface area contributed by atoms with Crippen LogP contribution in [0.25, 0.3) is 0 Å². The molecule has 1 atom stereocenters. The molecular weight excluding hydrogens is 314 g/mol. The maximum Gasteiger partial charge on any atom is 0.224 e. The SMILES string of the molecule is Cn1cccc1C1CCCN1CCOc1ccc2c(c1)CCC(=O)N2. The van der Waals surface area contributed by atoms with Crippen LogP contribution in [0.15, 0.2) is 36.5 Å². The van der Waals surface area contributed by atoms with Crippen LogP contribution < -0.4 is 10.1 Å². The molecule has 0 bridgehead atoms. The number of nitrogens with one attached hydrogen (secondary N) is 1. The van der Waals surface area contributed by atoms with Crippen molar-refractivity contribution in [3.8, 4) is 5.75 Å². The van der Waals surface area contributed by atoms with Gasteiger partial charge in [0.15, 0.2) is 0 Å². The maximum atomic E-state index is 11.4. The number of ether oxygens (including phenoxy) is 1. The summed E-state index contributed by atoms with van der Waals surface area (Å²) < 4.78 is 8.22. The first-order chi connectivity index (χ1) is 12.2. The lowest BCUT2D eigenvalue weighted by atomic mass is 10.0. The van der Waals surface area contributed by atoms with E-state index in [4.69, 9.17) is 4.74 Å². The minimum atomic E-state index is 0.0990. The third-order valence-electron chi connectivity index (χ3n) is 5.31. The Morgan fingerprint density at radius 3 is 3.04 bits per heavy atom. The van der Waals surface area contributed by atoms with Crippen molar-refractivity contribution in [3.05, 3.63) is 47.8 Å². The Bertz CT molecular complexity index is 768. The first kappa shape index (κ1) is 16.2. The third kappa shape index (κ3) is 3.42. The van der Waals surface area contributed by atoms with Gasteiger partial charge in [0.2, 0.25) is 5.91 Å². The van der Waals surface area contributed by atoms with E-state index in [1.54, 1.807) is 0 Å². The molecular formula is C20H25N3O2. The summed E-state index contributed by atoms with van der Waals surface area (Å²) >= 11 is 0. The second-order valence-electron chi connectivity index (χ2n) is 6.95. The van der Waals surface area contributed by atoms with Gasteiger partial charge in [-0.25, -0.2) is 0 Å². The number of aromatic nitrogens is 1. The Hall–Kier alpha value is -2.27. The molecule has 2 aliphatic heterocycles. The molecule has 1 aromatic carbocycles. The molecule has 1 aromatic heterocycles. The average Bonchev–Trinajstić information content (AvgIpc) is 3.23. The van der Waals surface area contributed by atoms with Gasteiger partial charge in [-0.2, -0.15) is 0 Å². The van der Waals surface area contributed by atoms with Gasteiger partial charge in [-0.15, -0.1) is 0 Å². The summed E-state index contributed by atoms with van der Waals surface area (Å²) in [5.74, 6) is 0.992. The standard InChI is InChI=1S/C20H25N3O2/c1-22-10-2-4-18(22)19-5-3-11-23(19)12-13-25-16-7-8-17-15(14-16)6-9-20(24)21-17/h2,4,7-8,10,14,19H,3,5-6,9,11-13H2,1H3,(H,21,24). The number of benzene rings is 1. The molecule has 3 heterocycles. The highest BCUT2D eigenvalue weighted by atomic mass is 16.5. The number of hydrogen-bond acceptors (Lipinski definition) is 3. The Morgan fingerprint density at radius 1 is 1.28 bits per heavy atom. The molecule has 0 radical (unpaired) electrons. The molecule has 0 spiro atoms. The molecule has 5 heteroatoms. The van der Waals surface area contributed by atoms with E-state index in [-0.39, 0.29) is 5.91 Å². The largest absolute Gasteiger partial charge is 0.492 e. The smallest absolute Gasteiger partial charge is 0.224 e. The number of aryl methyl sites for hydroxylation is 2. The van der Waals surface area contributed by atoms with Crippen LogP contribution in [0.5, 0.6) is 5.75 Å². The van der Waals surface area contributed by atoms with Crippen molar-refractivity contribution < 1.29 is 9.53 Å². The van der Waals surface area contributed by atoms with Crippen LogP contribution in [0, 0.1) is 0 Å². The van der Waals surface area contributed by atoms with Crippen molar-refractivity contribution >= 4 is 11.6 Å². The van der Waals surface area contributed by atoms with Crippen LogP contribution in [0.2, 0.25) is 0 Å². The lowest BCUT2D eigenvalue weighted by Crippen LogP contribution is -2.29. The molecule has 5 nitrogen and oxygen atoms in total. The lowest BCUT2D eigenvalue weighted by molar-refractivity contribution is -0.116. The highest BCUT2D eigenvalue weighted by Gasteiger charge is 2.27. The fourth-order valence-corrected chi connectivity index (χ4v) is 3.98. The van der Waals surface area contributed by atoms with Gasteiger partial charge in [0.05, 0.1) is 6.04 Å². The molecule has 0 saturated carbocycles. The van der Waals surface area contributed by atoms with Crippen LogP contribution >= 0.6 is 0 Å². The second-order valence-corrected chi connectivity index (χ2v) is 6.95. The van der Waals surface area contributed by atoms with Crippen LogP contribution in [0.3, 0.4) is 0 Å². The zero-order valence-corrected chi connectivity index (χ0v) is 14.7. The summed E-state index contributed by atoms with van der Waals surface area (Å²) in [6.07, 6.45) is 5.93. The van der Waals surface area contributed by atoms with Crippen molar-refractivity contribution in [2.75, 3.05) is 25.0 Å². The molecule has 132 valence electrons. The molecule has 1 saturated heterocycles. The monoisotopic (exact) mass is 339 g/mol. The summed E-state index contributed by atoms with van der Waals surface area (Å²) in [5, 5.41) is 2.91. The van der Waals surface area contributed by atoms with Gasteiger partial charge < -0.3 is 14.6 Å². The van der Waals surface area contributed by atoms with Crippen molar-refractivity contribution in [2.24, 2.45) is 7.05 Å². The van der Waals surface area contributed by atoms with E-state index >= 15 is 0 Å². The Kier molecular flexibility index (Phi) is 4.49. The van der Waals surface area contributed by atoms with E-state index in [0.29, 0.717) is 19.1 Å². The molecule has 1 fully saturated rings. The first-order valence-corrected chi connectivity index (χ1v) is 9.11. The number of anilines is 1. The van der Waals surface area contributed by atoms with Gasteiger partial charge in [-0.1, -0.05) is 0 Å². The number of carbonyl (C=O) groups is 1. The Labute approximate surface area is 148 Å². The highest BCUT2D eigenvalue weighted by molar-refractivity contribution is 5.93.